The molecule has 1 atom stereocenters. The van der Waals surface area contributed by atoms with E-state index in [-0.39, 0.29) is 23.3 Å². The average molecular weight is 354 g/mol. The SMILES string of the molecule is O=C(NC1CCSc2ccc(F)cc21)c1c[nH]c(=O)c2ccccc12. The molecule has 4 rings (SSSR count). The average Bonchev–Trinajstić information content (AvgIpc) is 2.63. The van der Waals surface area contributed by atoms with Crippen molar-refractivity contribution < 1.29 is 9.18 Å². The molecule has 0 bridgehead atoms. The van der Waals surface area contributed by atoms with Crippen molar-refractivity contribution in [2.45, 2.75) is 17.4 Å². The van der Waals surface area contributed by atoms with Gasteiger partial charge in [0, 0.05) is 27.6 Å². The first-order chi connectivity index (χ1) is 12.1. The van der Waals surface area contributed by atoms with Crippen LogP contribution in [0.3, 0.4) is 0 Å². The number of nitrogens with one attached hydrogen (secondary N) is 2. The van der Waals surface area contributed by atoms with E-state index in [0.29, 0.717) is 16.3 Å². The van der Waals surface area contributed by atoms with Gasteiger partial charge < -0.3 is 10.3 Å². The molecule has 0 radical (unpaired) electrons. The van der Waals surface area contributed by atoms with Crippen molar-refractivity contribution in [2.75, 3.05) is 5.75 Å². The quantitative estimate of drug-likeness (QED) is 0.739. The Morgan fingerprint density at radius 1 is 1.20 bits per heavy atom. The molecule has 0 fully saturated rings. The standard InChI is InChI=1S/C19H15FN2O2S/c20-11-5-6-17-14(9-11)16(7-8-25-17)22-19(24)15-10-21-18(23)13-4-2-1-3-12(13)15/h1-6,9-10,16H,7-8H2,(H,21,23)(H,22,24). The molecule has 2 heterocycles. The Morgan fingerprint density at radius 2 is 2.00 bits per heavy atom. The summed E-state index contributed by atoms with van der Waals surface area (Å²) in [6.45, 7) is 0. The fourth-order valence-electron chi connectivity index (χ4n) is 3.15. The molecule has 1 aliphatic heterocycles. The minimum absolute atomic E-state index is 0.228. The normalized spacial score (nSPS) is 16.4. The van der Waals surface area contributed by atoms with Crippen LogP contribution in [0.1, 0.15) is 28.4 Å². The highest BCUT2D eigenvalue weighted by molar-refractivity contribution is 7.99. The lowest BCUT2D eigenvalue weighted by atomic mass is 10.0. The number of hydrogen-bond donors (Lipinski definition) is 2. The molecule has 2 aromatic carbocycles. The molecule has 1 amide bonds. The van der Waals surface area contributed by atoms with Crippen LogP contribution in [0.25, 0.3) is 10.8 Å². The molecule has 1 aromatic heterocycles. The number of amides is 1. The van der Waals surface area contributed by atoms with Crippen molar-refractivity contribution in [1.29, 1.82) is 0 Å². The Morgan fingerprint density at radius 3 is 2.84 bits per heavy atom. The van der Waals surface area contributed by atoms with Crippen LogP contribution in [-0.4, -0.2) is 16.6 Å². The van der Waals surface area contributed by atoms with Gasteiger partial charge in [0.25, 0.3) is 11.5 Å². The molecule has 3 aromatic rings. The second kappa shape index (κ2) is 6.37. The number of aromatic amines is 1. The number of fused-ring (bicyclic) bond motifs is 2. The maximum Gasteiger partial charge on any atom is 0.255 e. The first kappa shape index (κ1) is 15.9. The van der Waals surface area contributed by atoms with Crippen LogP contribution in [0.5, 0.6) is 0 Å². The minimum atomic E-state index is -0.310. The summed E-state index contributed by atoms with van der Waals surface area (Å²) in [7, 11) is 0. The van der Waals surface area contributed by atoms with Crippen molar-refractivity contribution in [3.8, 4) is 0 Å². The van der Waals surface area contributed by atoms with Gasteiger partial charge >= 0.3 is 0 Å². The smallest absolute Gasteiger partial charge is 0.255 e. The van der Waals surface area contributed by atoms with Crippen molar-refractivity contribution in [2.24, 2.45) is 0 Å². The zero-order valence-corrected chi connectivity index (χ0v) is 14.0. The Kier molecular flexibility index (Phi) is 4.05. The molecule has 1 aliphatic rings. The third kappa shape index (κ3) is 2.93. The summed E-state index contributed by atoms with van der Waals surface area (Å²) in [6, 6.07) is 11.4. The number of aromatic nitrogens is 1. The number of thioether (sulfide) groups is 1. The summed E-state index contributed by atoms with van der Waals surface area (Å²) < 4.78 is 13.6. The second-order valence-corrected chi connectivity index (χ2v) is 7.06. The van der Waals surface area contributed by atoms with Gasteiger partial charge in [0.1, 0.15) is 5.82 Å². The lowest BCUT2D eigenvalue weighted by molar-refractivity contribution is 0.0936. The summed E-state index contributed by atoms with van der Waals surface area (Å²) in [5.41, 5.74) is 0.985. The van der Waals surface area contributed by atoms with Crippen molar-refractivity contribution in [3.63, 3.8) is 0 Å². The molecule has 25 heavy (non-hydrogen) atoms. The highest BCUT2D eigenvalue weighted by atomic mass is 32.2. The Bertz CT molecular complexity index is 1030. The van der Waals surface area contributed by atoms with Gasteiger partial charge in [-0.25, -0.2) is 4.39 Å². The number of hydrogen-bond acceptors (Lipinski definition) is 3. The van der Waals surface area contributed by atoms with Crippen LogP contribution < -0.4 is 10.9 Å². The fourth-order valence-corrected chi connectivity index (χ4v) is 4.25. The topological polar surface area (TPSA) is 62.0 Å². The third-order valence-corrected chi connectivity index (χ3v) is 5.49. The van der Waals surface area contributed by atoms with Gasteiger partial charge in [0.2, 0.25) is 0 Å². The van der Waals surface area contributed by atoms with Gasteiger partial charge in [-0.05, 0) is 36.2 Å². The van der Waals surface area contributed by atoms with Gasteiger partial charge in [-0.1, -0.05) is 18.2 Å². The summed E-state index contributed by atoms with van der Waals surface area (Å²) >= 11 is 1.66. The molecule has 0 spiro atoms. The van der Waals surface area contributed by atoms with E-state index in [4.69, 9.17) is 0 Å². The molecular formula is C19H15FN2O2S. The van der Waals surface area contributed by atoms with Gasteiger partial charge in [0.15, 0.2) is 0 Å². The predicted molar refractivity (Wildman–Crippen MR) is 96.5 cm³/mol. The summed E-state index contributed by atoms with van der Waals surface area (Å²) in [5, 5.41) is 4.07. The first-order valence-electron chi connectivity index (χ1n) is 7.97. The lowest BCUT2D eigenvalue weighted by Crippen LogP contribution is -2.31. The monoisotopic (exact) mass is 354 g/mol. The number of pyridine rings is 1. The predicted octanol–water partition coefficient (Wildman–Crippen LogP) is 3.63. The molecule has 6 heteroatoms. The van der Waals surface area contributed by atoms with E-state index in [2.05, 4.69) is 10.3 Å². The zero-order chi connectivity index (χ0) is 17.4. The van der Waals surface area contributed by atoms with Gasteiger partial charge in [0.05, 0.1) is 11.6 Å². The van der Waals surface area contributed by atoms with E-state index in [0.717, 1.165) is 22.6 Å². The number of carbonyl (C=O) groups is 1. The Hall–Kier alpha value is -2.60. The minimum Gasteiger partial charge on any atom is -0.345 e. The molecular weight excluding hydrogens is 339 g/mol. The van der Waals surface area contributed by atoms with E-state index in [9.17, 15) is 14.0 Å². The third-order valence-electron chi connectivity index (χ3n) is 4.37. The summed E-state index contributed by atoms with van der Waals surface area (Å²) in [4.78, 5) is 28.3. The summed E-state index contributed by atoms with van der Waals surface area (Å²) in [5.74, 6) is 0.269. The van der Waals surface area contributed by atoms with Gasteiger partial charge in [-0.2, -0.15) is 0 Å². The van der Waals surface area contributed by atoms with Crippen LogP contribution in [-0.2, 0) is 0 Å². The van der Waals surface area contributed by atoms with E-state index >= 15 is 0 Å². The largest absolute Gasteiger partial charge is 0.345 e. The van der Waals surface area contributed by atoms with E-state index in [1.54, 1.807) is 42.1 Å². The van der Waals surface area contributed by atoms with Gasteiger partial charge in [-0.3, -0.25) is 9.59 Å². The molecule has 0 saturated heterocycles. The Balaban J connectivity index is 1.70. The number of halogens is 1. The second-order valence-electron chi connectivity index (χ2n) is 5.92. The number of benzene rings is 2. The zero-order valence-electron chi connectivity index (χ0n) is 13.2. The molecule has 0 saturated carbocycles. The maximum atomic E-state index is 13.6. The van der Waals surface area contributed by atoms with E-state index in [1.165, 1.54) is 18.3 Å². The van der Waals surface area contributed by atoms with Crippen molar-refractivity contribution in [3.05, 3.63) is 76.0 Å². The number of rotatable bonds is 2. The molecule has 4 nitrogen and oxygen atoms in total. The van der Waals surface area contributed by atoms with E-state index in [1.807, 2.05) is 0 Å². The van der Waals surface area contributed by atoms with Crippen LogP contribution in [0, 0.1) is 5.82 Å². The Labute approximate surface area is 147 Å². The van der Waals surface area contributed by atoms with Crippen molar-refractivity contribution in [1.82, 2.24) is 10.3 Å². The number of carbonyl (C=O) groups excluding carboxylic acids is 1. The molecule has 2 N–H and O–H groups in total. The fraction of sp³-hybridized carbons (Fsp3) is 0.158. The van der Waals surface area contributed by atoms with E-state index < -0.39 is 0 Å². The first-order valence-corrected chi connectivity index (χ1v) is 8.95. The van der Waals surface area contributed by atoms with Crippen LogP contribution in [0.15, 0.2) is 58.4 Å². The van der Waals surface area contributed by atoms with Crippen LogP contribution in [0.4, 0.5) is 4.39 Å². The highest BCUT2D eigenvalue weighted by Crippen LogP contribution is 2.36. The van der Waals surface area contributed by atoms with Crippen LogP contribution >= 0.6 is 11.8 Å². The van der Waals surface area contributed by atoms with Crippen LogP contribution in [0.2, 0.25) is 0 Å². The molecule has 126 valence electrons. The van der Waals surface area contributed by atoms with Crippen molar-refractivity contribution >= 4 is 28.4 Å². The van der Waals surface area contributed by atoms with Gasteiger partial charge in [-0.15, -0.1) is 11.8 Å². The molecule has 1 unspecified atom stereocenters. The maximum absolute atomic E-state index is 13.6. The number of H-pyrrole nitrogens is 1. The highest BCUT2D eigenvalue weighted by Gasteiger charge is 2.24. The molecule has 0 aliphatic carbocycles. The summed E-state index contributed by atoms with van der Waals surface area (Å²) in [6.07, 6.45) is 2.16. The lowest BCUT2D eigenvalue weighted by Gasteiger charge is -2.26.